The highest BCUT2D eigenvalue weighted by atomic mass is 19.1. The second-order valence-corrected chi connectivity index (χ2v) is 17.4. The molecule has 4 fully saturated rings. The van der Waals surface area contributed by atoms with Crippen LogP contribution in [0.3, 0.4) is 0 Å². The van der Waals surface area contributed by atoms with Crippen LogP contribution in [-0.4, -0.2) is 167 Å². The van der Waals surface area contributed by atoms with Gasteiger partial charge in [0.25, 0.3) is 23.6 Å². The number of hydrogen-bond donors (Lipinski definition) is 2. The number of hydrogen-bond acceptors (Lipinski definition) is 13. The summed E-state index contributed by atoms with van der Waals surface area (Å²) in [6.45, 7) is 8.96. The fraction of sp³-hybridized carbons (Fsp3) is 0.467. The number of carbonyl (C=O) groups excluding carboxylic acids is 6. The number of fused-ring (bicyclic) bond motifs is 3. The first-order valence-corrected chi connectivity index (χ1v) is 22.2. The molecule has 0 bridgehead atoms. The van der Waals surface area contributed by atoms with Crippen LogP contribution in [-0.2, 0) is 20.9 Å². The van der Waals surface area contributed by atoms with E-state index >= 15 is 4.39 Å². The smallest absolute Gasteiger partial charge is 0.262 e. The molecule has 2 aromatic heterocycles. The number of halogens is 1. The Morgan fingerprint density at radius 2 is 1.59 bits per heavy atom. The number of piperidine rings is 2. The Morgan fingerprint density at radius 1 is 0.844 bits per heavy atom. The maximum atomic E-state index is 16.1. The molecule has 0 spiro atoms. The third kappa shape index (κ3) is 7.96. The zero-order valence-corrected chi connectivity index (χ0v) is 35.4. The molecule has 0 aliphatic carbocycles. The number of aromatic nitrogens is 3. The number of anilines is 3. The standard InChI is InChI=1S/C45H50FN11O7/c46-35(27-55-26-29-22-36(38(24-32(29)43(55)61)54-18-20-64-21-19-54)49-41(59)34-25-48-56-9-1-8-47-40(34)56)28-6-10-51(11-7-28)12-13-52-14-16-53(17-15-52)30-2-3-31-33(23-30)45(63)57(44(31)62)37-4-5-39(58)50-42(37)60/h1-3,8-9,22-25,28,35,37H,4-7,10-21,26-27H2,(H,49,59)(H,50,58,60)/t35-,37?/m1/s1. The van der Waals surface area contributed by atoms with Crippen LogP contribution in [0.5, 0.6) is 0 Å². The van der Waals surface area contributed by atoms with Crippen molar-refractivity contribution in [3.63, 3.8) is 0 Å². The lowest BCUT2D eigenvalue weighted by molar-refractivity contribution is -0.136. The van der Waals surface area contributed by atoms with E-state index in [1.54, 1.807) is 35.5 Å². The first kappa shape index (κ1) is 41.7. The highest BCUT2D eigenvalue weighted by Crippen LogP contribution is 2.37. The number of alkyl halides is 1. The molecule has 64 heavy (non-hydrogen) atoms. The van der Waals surface area contributed by atoms with Crippen molar-refractivity contribution >= 4 is 58.2 Å². The van der Waals surface area contributed by atoms with Crippen molar-refractivity contribution in [1.82, 2.24) is 39.5 Å². The average Bonchev–Trinajstić information content (AvgIpc) is 3.96. The number of imide groups is 2. The number of rotatable bonds is 11. The van der Waals surface area contributed by atoms with Gasteiger partial charge in [0.15, 0.2) is 5.65 Å². The predicted octanol–water partition coefficient (Wildman–Crippen LogP) is 2.05. The van der Waals surface area contributed by atoms with Crippen molar-refractivity contribution in [3.8, 4) is 0 Å². The van der Waals surface area contributed by atoms with Gasteiger partial charge < -0.3 is 29.7 Å². The van der Waals surface area contributed by atoms with Gasteiger partial charge in [0.2, 0.25) is 11.8 Å². The van der Waals surface area contributed by atoms with E-state index in [2.05, 4.69) is 40.3 Å². The van der Waals surface area contributed by atoms with E-state index in [4.69, 9.17) is 4.74 Å². The van der Waals surface area contributed by atoms with Crippen LogP contribution in [0.25, 0.3) is 5.65 Å². The molecule has 6 amide bonds. The van der Waals surface area contributed by atoms with Crippen molar-refractivity contribution in [3.05, 3.63) is 82.8 Å². The zero-order chi connectivity index (χ0) is 44.1. The van der Waals surface area contributed by atoms with Crippen LogP contribution >= 0.6 is 0 Å². The minimum atomic E-state index is -1.16. The van der Waals surface area contributed by atoms with Crippen molar-refractivity contribution in [1.29, 1.82) is 0 Å². The van der Waals surface area contributed by atoms with Gasteiger partial charge in [0.05, 0.1) is 48.5 Å². The van der Waals surface area contributed by atoms with Crippen molar-refractivity contribution < 1.29 is 37.9 Å². The third-order valence-corrected chi connectivity index (χ3v) is 13.7. The van der Waals surface area contributed by atoms with E-state index in [1.807, 2.05) is 18.2 Å². The van der Waals surface area contributed by atoms with Crippen molar-refractivity contribution in [2.45, 2.75) is 44.4 Å². The molecule has 2 aromatic carbocycles. The SMILES string of the molecule is O=C1CCC(N2C(=O)c3ccc(N4CCN(CCN5CCC([C@H](F)CN6Cc7cc(NC(=O)c8cnn9cccnc89)c(N8CCOCC8)cc7C6=O)CC5)CC4)cc3C2=O)C(=O)N1. The maximum absolute atomic E-state index is 16.1. The van der Waals surface area contributed by atoms with Gasteiger partial charge in [-0.15, -0.1) is 0 Å². The van der Waals surface area contributed by atoms with Crippen LogP contribution in [0.1, 0.15) is 72.7 Å². The van der Waals surface area contributed by atoms with Gasteiger partial charge in [-0.2, -0.15) is 5.10 Å². The van der Waals surface area contributed by atoms with Gasteiger partial charge in [-0.25, -0.2) is 13.9 Å². The molecule has 2 atom stereocenters. The molecule has 0 saturated carbocycles. The first-order chi connectivity index (χ1) is 31.1. The fourth-order valence-electron chi connectivity index (χ4n) is 9.97. The summed E-state index contributed by atoms with van der Waals surface area (Å²) in [5, 5.41) is 9.54. The quantitative estimate of drug-likeness (QED) is 0.209. The lowest BCUT2D eigenvalue weighted by atomic mass is 9.91. The van der Waals surface area contributed by atoms with Gasteiger partial charge >= 0.3 is 0 Å². The summed E-state index contributed by atoms with van der Waals surface area (Å²) in [5.74, 6) is -2.78. The minimum absolute atomic E-state index is 0.0118. The van der Waals surface area contributed by atoms with E-state index in [0.717, 1.165) is 74.2 Å². The summed E-state index contributed by atoms with van der Waals surface area (Å²) in [6.07, 6.45) is 5.26. The highest BCUT2D eigenvalue weighted by Gasteiger charge is 2.45. The van der Waals surface area contributed by atoms with Crippen molar-refractivity contribution in [2.75, 3.05) is 100 Å². The Balaban J connectivity index is 0.698. The Morgan fingerprint density at radius 3 is 2.36 bits per heavy atom. The summed E-state index contributed by atoms with van der Waals surface area (Å²) in [4.78, 5) is 94.0. The number of morpholine rings is 1. The van der Waals surface area contributed by atoms with Gasteiger partial charge in [-0.1, -0.05) is 0 Å². The summed E-state index contributed by atoms with van der Waals surface area (Å²) < 4.78 is 23.2. The highest BCUT2D eigenvalue weighted by molar-refractivity contribution is 6.23. The van der Waals surface area contributed by atoms with E-state index in [0.29, 0.717) is 61.6 Å². The Kier molecular flexibility index (Phi) is 11.3. The molecular formula is C45H50FN11O7. The molecule has 6 aliphatic rings. The molecule has 10 rings (SSSR count). The van der Waals surface area contributed by atoms with Gasteiger partial charge in [-0.3, -0.25) is 43.9 Å². The van der Waals surface area contributed by atoms with Crippen LogP contribution in [0.2, 0.25) is 0 Å². The van der Waals surface area contributed by atoms with Gasteiger partial charge in [0, 0.05) is 89.0 Å². The summed E-state index contributed by atoms with van der Waals surface area (Å²) >= 11 is 0. The van der Waals surface area contributed by atoms with Crippen LogP contribution in [0.4, 0.5) is 21.5 Å². The fourth-order valence-corrected chi connectivity index (χ4v) is 9.97. The van der Waals surface area contributed by atoms with E-state index in [1.165, 1.54) is 10.7 Å². The Hall–Kier alpha value is -6.31. The molecular weight excluding hydrogens is 826 g/mol. The van der Waals surface area contributed by atoms with E-state index < -0.39 is 35.8 Å². The lowest BCUT2D eigenvalue weighted by Gasteiger charge is -2.38. The topological polar surface area (TPSA) is 185 Å². The van der Waals surface area contributed by atoms with E-state index in [-0.39, 0.29) is 54.8 Å². The normalized spacial score (nSPS) is 21.8. The van der Waals surface area contributed by atoms with Crippen LogP contribution in [0, 0.1) is 5.92 Å². The molecule has 6 aliphatic heterocycles. The molecule has 1 unspecified atom stereocenters. The van der Waals surface area contributed by atoms with Crippen LogP contribution in [0.15, 0.2) is 55.0 Å². The molecule has 334 valence electrons. The van der Waals surface area contributed by atoms with Crippen LogP contribution < -0.4 is 20.4 Å². The zero-order valence-electron chi connectivity index (χ0n) is 35.4. The molecule has 19 heteroatoms. The number of ether oxygens (including phenoxy) is 1. The third-order valence-electron chi connectivity index (χ3n) is 13.7. The van der Waals surface area contributed by atoms with Gasteiger partial charge in [0.1, 0.15) is 17.8 Å². The molecule has 0 radical (unpaired) electrons. The molecule has 18 nitrogen and oxygen atoms in total. The monoisotopic (exact) mass is 875 g/mol. The number of benzene rings is 2. The van der Waals surface area contributed by atoms with Gasteiger partial charge in [-0.05, 0) is 80.2 Å². The molecule has 2 N–H and O–H groups in total. The number of carbonyl (C=O) groups is 6. The molecule has 4 saturated heterocycles. The van der Waals surface area contributed by atoms with E-state index in [9.17, 15) is 28.8 Å². The number of nitrogens with zero attached hydrogens (tertiary/aromatic N) is 9. The second-order valence-electron chi connectivity index (χ2n) is 17.4. The second kappa shape index (κ2) is 17.3. The first-order valence-electron chi connectivity index (χ1n) is 22.2. The number of piperazine rings is 1. The number of nitrogens with one attached hydrogen (secondary N) is 2. The predicted molar refractivity (Wildman–Crippen MR) is 231 cm³/mol. The number of likely N-dealkylation sites (tertiary alicyclic amines) is 1. The summed E-state index contributed by atoms with van der Waals surface area (Å²) in [6, 6.07) is 9.66. The molecule has 8 heterocycles. The van der Waals surface area contributed by atoms with Crippen molar-refractivity contribution in [2.24, 2.45) is 5.92 Å². The summed E-state index contributed by atoms with van der Waals surface area (Å²) in [5.41, 5.74) is 4.71. The maximum Gasteiger partial charge on any atom is 0.262 e. The summed E-state index contributed by atoms with van der Waals surface area (Å²) in [7, 11) is 0. The minimum Gasteiger partial charge on any atom is -0.378 e. The average molecular weight is 876 g/mol. The Labute approximate surface area is 368 Å². The lowest BCUT2D eigenvalue weighted by Crippen LogP contribution is -2.54. The number of amides is 6. The molecule has 4 aromatic rings. The Bertz CT molecular complexity index is 2530. The largest absolute Gasteiger partial charge is 0.378 e.